The minimum atomic E-state index is -0.307. The van der Waals surface area contributed by atoms with Crippen molar-refractivity contribution < 1.29 is 4.74 Å². The third-order valence-corrected chi connectivity index (χ3v) is 11.2. The Kier molecular flexibility index (Phi) is 5.56. The zero-order valence-electron chi connectivity index (χ0n) is 26.0. The first-order valence-corrected chi connectivity index (χ1v) is 17.0. The summed E-state index contributed by atoms with van der Waals surface area (Å²) in [4.78, 5) is 4.93. The summed E-state index contributed by atoms with van der Waals surface area (Å²) in [6.07, 6.45) is -0.307. The van der Waals surface area contributed by atoms with Gasteiger partial charge in [0.1, 0.15) is 10.8 Å². The smallest absolute Gasteiger partial charge is 0.197 e. The van der Waals surface area contributed by atoms with E-state index >= 15 is 0 Å². The van der Waals surface area contributed by atoms with E-state index < -0.39 is 0 Å². The summed E-state index contributed by atoms with van der Waals surface area (Å²) in [5.41, 5.74) is 12.1. The van der Waals surface area contributed by atoms with Crippen molar-refractivity contribution in [3.05, 3.63) is 150 Å². The number of hydrogen-bond acceptors (Lipinski definition) is 4. The van der Waals surface area contributed by atoms with Crippen LogP contribution in [0.5, 0.6) is 5.75 Å². The highest BCUT2D eigenvalue weighted by atomic mass is 32.1. The molecule has 4 heteroatoms. The van der Waals surface area contributed by atoms with Crippen molar-refractivity contribution in [1.29, 1.82) is 0 Å². The van der Waals surface area contributed by atoms with Gasteiger partial charge in [-0.15, -0.1) is 11.3 Å². The first-order chi connectivity index (χ1) is 23.0. The van der Waals surface area contributed by atoms with Crippen LogP contribution in [0.4, 0.5) is 5.69 Å². The van der Waals surface area contributed by atoms with Crippen LogP contribution >= 0.6 is 11.3 Å². The second-order valence-corrected chi connectivity index (χ2v) is 14.2. The summed E-state index contributed by atoms with van der Waals surface area (Å²) >= 11 is 1.74. The number of anilines is 1. The molecule has 1 atom stereocenters. The van der Waals surface area contributed by atoms with Crippen molar-refractivity contribution in [2.45, 2.75) is 25.5 Å². The summed E-state index contributed by atoms with van der Waals surface area (Å²) in [5.74, 6) is 0.886. The molecule has 0 saturated heterocycles. The zero-order chi connectivity index (χ0) is 31.3. The van der Waals surface area contributed by atoms with E-state index in [1.54, 1.807) is 11.3 Å². The van der Waals surface area contributed by atoms with E-state index in [9.17, 15) is 0 Å². The van der Waals surface area contributed by atoms with Crippen LogP contribution in [0.3, 0.4) is 0 Å². The van der Waals surface area contributed by atoms with Gasteiger partial charge in [0.05, 0.1) is 15.9 Å². The second-order valence-electron chi connectivity index (χ2n) is 13.2. The number of nitrogens with one attached hydrogen (secondary N) is 1. The molecule has 2 heterocycles. The van der Waals surface area contributed by atoms with E-state index in [1.165, 1.54) is 65.2 Å². The standard InChI is InChI=1S/C43H30N2OS/c1-43(2)33-14-6-5-11-27(33)30-23-31-32(24-34(30)43)39(25-19-21-26(22-20-25)42-45-36-16-8-10-18-38(36)47-42)28-12-3-4-13-29(28)40(31)41-44-35-15-7-9-17-37(35)46-41/h3-24,41,44H,1-2H3. The van der Waals surface area contributed by atoms with Gasteiger partial charge in [0, 0.05) is 16.5 Å². The van der Waals surface area contributed by atoms with Gasteiger partial charge in [-0.05, 0) is 91.3 Å². The molecule has 0 amide bonds. The van der Waals surface area contributed by atoms with Crippen LogP contribution in [0, 0.1) is 0 Å². The van der Waals surface area contributed by atoms with E-state index in [4.69, 9.17) is 9.72 Å². The van der Waals surface area contributed by atoms with Crippen LogP contribution in [-0.2, 0) is 5.41 Å². The Morgan fingerprint density at radius 1 is 0.638 bits per heavy atom. The number of thiazole rings is 1. The maximum atomic E-state index is 6.66. The molecule has 7 aromatic carbocycles. The van der Waals surface area contributed by atoms with Gasteiger partial charge in [-0.25, -0.2) is 4.98 Å². The Labute approximate surface area is 277 Å². The average Bonchev–Trinajstić information content (AvgIpc) is 3.80. The first-order valence-electron chi connectivity index (χ1n) is 16.2. The van der Waals surface area contributed by atoms with E-state index in [1.807, 2.05) is 12.1 Å². The molecule has 1 aliphatic heterocycles. The molecule has 1 aromatic heterocycles. The Hall–Kier alpha value is -5.45. The first kappa shape index (κ1) is 26.7. The van der Waals surface area contributed by atoms with E-state index in [0.717, 1.165) is 27.5 Å². The largest absolute Gasteiger partial charge is 0.464 e. The number of para-hydroxylation sites is 3. The predicted octanol–water partition coefficient (Wildman–Crippen LogP) is 11.7. The molecule has 3 nitrogen and oxygen atoms in total. The quantitative estimate of drug-likeness (QED) is 0.199. The molecule has 1 N–H and O–H groups in total. The number of nitrogens with zero attached hydrogens (tertiary/aromatic N) is 1. The van der Waals surface area contributed by atoms with Crippen LogP contribution in [0.15, 0.2) is 133 Å². The highest BCUT2D eigenvalue weighted by Crippen LogP contribution is 2.53. The molecule has 0 saturated carbocycles. The van der Waals surface area contributed by atoms with Crippen molar-refractivity contribution in [3.8, 4) is 38.6 Å². The number of fused-ring (bicyclic) bond motifs is 7. The minimum absolute atomic E-state index is 0.113. The molecular weight excluding hydrogens is 593 g/mol. The van der Waals surface area contributed by atoms with Crippen molar-refractivity contribution in [3.63, 3.8) is 0 Å². The Balaban J connectivity index is 1.24. The van der Waals surface area contributed by atoms with Gasteiger partial charge in [-0.1, -0.05) is 111 Å². The van der Waals surface area contributed by atoms with Gasteiger partial charge in [0.2, 0.25) is 0 Å². The molecule has 0 fully saturated rings. The molecule has 47 heavy (non-hydrogen) atoms. The number of ether oxygens (including phenoxy) is 1. The average molecular weight is 623 g/mol. The van der Waals surface area contributed by atoms with Gasteiger partial charge in [0.15, 0.2) is 6.23 Å². The number of hydrogen-bond donors (Lipinski definition) is 1. The molecule has 0 radical (unpaired) electrons. The SMILES string of the molecule is CC1(C)c2ccccc2-c2cc3c(C4Nc5ccccc5O4)c4ccccc4c(-c4ccc(-c5nc6ccccc6s5)cc4)c3cc21. The molecule has 10 rings (SSSR count). The lowest BCUT2D eigenvalue weighted by Crippen LogP contribution is -2.15. The van der Waals surface area contributed by atoms with Gasteiger partial charge in [0.25, 0.3) is 0 Å². The Bertz CT molecular complexity index is 2500. The molecule has 0 spiro atoms. The number of aromatic nitrogens is 1. The molecule has 0 bridgehead atoms. The summed E-state index contributed by atoms with van der Waals surface area (Å²) in [6, 6.07) is 48.2. The van der Waals surface area contributed by atoms with E-state index in [-0.39, 0.29) is 11.6 Å². The lowest BCUT2D eigenvalue weighted by molar-refractivity contribution is 0.263. The third-order valence-electron chi connectivity index (χ3n) is 10.2. The van der Waals surface area contributed by atoms with Crippen LogP contribution in [0.25, 0.3) is 64.6 Å². The van der Waals surface area contributed by atoms with Gasteiger partial charge in [-0.2, -0.15) is 0 Å². The number of rotatable bonds is 3. The highest BCUT2D eigenvalue weighted by molar-refractivity contribution is 7.21. The predicted molar refractivity (Wildman–Crippen MR) is 197 cm³/mol. The fourth-order valence-corrected chi connectivity index (χ4v) is 8.86. The molecule has 1 aliphatic carbocycles. The second kappa shape index (κ2) is 9.78. The summed E-state index contributed by atoms with van der Waals surface area (Å²) < 4.78 is 7.87. The summed E-state index contributed by atoms with van der Waals surface area (Å²) in [7, 11) is 0. The maximum absolute atomic E-state index is 6.66. The monoisotopic (exact) mass is 622 g/mol. The molecule has 2 aliphatic rings. The van der Waals surface area contributed by atoms with Crippen LogP contribution in [-0.4, -0.2) is 4.98 Å². The van der Waals surface area contributed by atoms with Crippen LogP contribution < -0.4 is 10.1 Å². The number of benzene rings is 7. The highest BCUT2D eigenvalue weighted by Gasteiger charge is 2.37. The van der Waals surface area contributed by atoms with Crippen molar-refractivity contribution in [1.82, 2.24) is 4.98 Å². The topological polar surface area (TPSA) is 34.1 Å². The van der Waals surface area contributed by atoms with Crippen LogP contribution in [0.1, 0.15) is 36.8 Å². The minimum Gasteiger partial charge on any atom is -0.464 e. The lowest BCUT2D eigenvalue weighted by atomic mass is 9.80. The van der Waals surface area contributed by atoms with Crippen LogP contribution in [0.2, 0.25) is 0 Å². The van der Waals surface area contributed by atoms with Crippen molar-refractivity contribution >= 4 is 48.8 Å². The fraction of sp³-hybridized carbons (Fsp3) is 0.0930. The molecule has 1 unspecified atom stereocenters. The molecule has 8 aromatic rings. The third kappa shape index (κ3) is 3.88. The van der Waals surface area contributed by atoms with E-state index in [0.29, 0.717) is 0 Å². The summed E-state index contributed by atoms with van der Waals surface area (Å²) in [6.45, 7) is 4.71. The lowest BCUT2D eigenvalue weighted by Gasteiger charge is -2.25. The molecule has 224 valence electrons. The van der Waals surface area contributed by atoms with Gasteiger partial charge < -0.3 is 10.1 Å². The van der Waals surface area contributed by atoms with E-state index in [2.05, 4.69) is 140 Å². The van der Waals surface area contributed by atoms with Gasteiger partial charge >= 0.3 is 0 Å². The fourth-order valence-electron chi connectivity index (χ4n) is 7.89. The van der Waals surface area contributed by atoms with Gasteiger partial charge in [-0.3, -0.25) is 0 Å². The Morgan fingerprint density at radius 3 is 2.21 bits per heavy atom. The Morgan fingerprint density at radius 2 is 1.36 bits per heavy atom. The zero-order valence-corrected chi connectivity index (χ0v) is 26.9. The van der Waals surface area contributed by atoms with Crippen molar-refractivity contribution in [2.75, 3.05) is 5.32 Å². The van der Waals surface area contributed by atoms with Crippen molar-refractivity contribution in [2.24, 2.45) is 0 Å². The summed E-state index contributed by atoms with van der Waals surface area (Å²) in [5, 5.41) is 9.62. The normalized spacial score (nSPS) is 15.7. The maximum Gasteiger partial charge on any atom is 0.197 e. The molecular formula is C43H30N2OS.